The smallest absolute Gasteiger partial charge is 0.443 e. The summed E-state index contributed by atoms with van der Waals surface area (Å²) in [7, 11) is 0. The minimum atomic E-state index is -4.82. The number of nitrogens with zero attached hydrogens (tertiary/aromatic N) is 1. The number of rotatable bonds is 7. The molecular formula is C28H28F3N3O5S. The number of benzene rings is 2. The number of amides is 2. The van der Waals surface area contributed by atoms with Crippen molar-refractivity contribution < 1.29 is 37.0 Å². The van der Waals surface area contributed by atoms with E-state index in [9.17, 15) is 27.6 Å². The third-order valence-corrected chi connectivity index (χ3v) is 6.87. The van der Waals surface area contributed by atoms with Gasteiger partial charge in [-0.1, -0.05) is 60.3 Å². The van der Waals surface area contributed by atoms with Gasteiger partial charge >= 0.3 is 12.5 Å². The number of alkyl halides is 3. The summed E-state index contributed by atoms with van der Waals surface area (Å²) < 4.78 is 46.9. The molecule has 0 saturated carbocycles. The maximum Gasteiger partial charge on any atom is 0.573 e. The quantitative estimate of drug-likeness (QED) is 0.467. The predicted molar refractivity (Wildman–Crippen MR) is 142 cm³/mol. The summed E-state index contributed by atoms with van der Waals surface area (Å²) in [5.41, 5.74) is 3.72. The molecule has 0 saturated heterocycles. The molecule has 0 aromatic heterocycles. The molecule has 1 aliphatic heterocycles. The normalized spacial score (nSPS) is 17.2. The molecule has 12 heteroatoms. The second kappa shape index (κ2) is 11.7. The Morgan fingerprint density at radius 1 is 1.02 bits per heavy atom. The van der Waals surface area contributed by atoms with Gasteiger partial charge in [-0.2, -0.15) is 0 Å². The van der Waals surface area contributed by atoms with Gasteiger partial charge in [0.25, 0.3) is 5.91 Å². The van der Waals surface area contributed by atoms with Crippen molar-refractivity contribution >= 4 is 29.5 Å². The van der Waals surface area contributed by atoms with E-state index >= 15 is 0 Å². The number of hydrogen-bond donors (Lipinski definition) is 2. The Labute approximate surface area is 233 Å². The van der Waals surface area contributed by atoms with E-state index in [0.717, 1.165) is 5.56 Å². The summed E-state index contributed by atoms with van der Waals surface area (Å²) in [6, 6.07) is 14.5. The number of thioether (sulfide) groups is 1. The van der Waals surface area contributed by atoms with Crippen LogP contribution in [0.25, 0.3) is 0 Å². The number of carbonyl (C=O) groups is 3. The van der Waals surface area contributed by atoms with Crippen LogP contribution in [0.1, 0.15) is 31.9 Å². The van der Waals surface area contributed by atoms with E-state index in [1.165, 1.54) is 41.0 Å². The van der Waals surface area contributed by atoms with Crippen molar-refractivity contribution in [3.05, 3.63) is 88.0 Å². The van der Waals surface area contributed by atoms with Gasteiger partial charge in [0, 0.05) is 12.5 Å². The SMILES string of the molecule is CC(C)(C)OC(=O)NN1CSC2=C1C(=O)C(Cc1ccc(OC(F)(F)F)cc1)C=C2C(=O)NCc1ccccc1. The minimum Gasteiger partial charge on any atom is -0.443 e. The first-order valence-corrected chi connectivity index (χ1v) is 13.3. The van der Waals surface area contributed by atoms with Crippen LogP contribution in [0.3, 0.4) is 0 Å². The largest absolute Gasteiger partial charge is 0.573 e. The molecule has 0 bridgehead atoms. The zero-order valence-corrected chi connectivity index (χ0v) is 22.8. The second-order valence-corrected chi connectivity index (χ2v) is 11.1. The average molecular weight is 576 g/mol. The van der Waals surface area contributed by atoms with Crippen LogP contribution in [-0.2, 0) is 27.3 Å². The van der Waals surface area contributed by atoms with Crippen molar-refractivity contribution in [2.75, 3.05) is 5.88 Å². The van der Waals surface area contributed by atoms with Gasteiger partial charge in [0.15, 0.2) is 5.78 Å². The van der Waals surface area contributed by atoms with E-state index in [1.807, 2.05) is 30.3 Å². The van der Waals surface area contributed by atoms with Crippen LogP contribution in [0.2, 0.25) is 0 Å². The lowest BCUT2D eigenvalue weighted by Crippen LogP contribution is -2.45. The number of Topliss-reactive ketones (excluding diaryl/α,β-unsaturated/α-hetero) is 1. The Morgan fingerprint density at radius 3 is 2.33 bits per heavy atom. The van der Waals surface area contributed by atoms with Gasteiger partial charge in [0.2, 0.25) is 0 Å². The lowest BCUT2D eigenvalue weighted by Gasteiger charge is -2.28. The molecule has 2 aromatic carbocycles. The average Bonchev–Trinajstić information content (AvgIpc) is 3.27. The third-order valence-electron chi connectivity index (χ3n) is 5.78. The monoisotopic (exact) mass is 575 g/mol. The van der Waals surface area contributed by atoms with Crippen LogP contribution in [-0.4, -0.2) is 40.6 Å². The molecule has 2 aliphatic rings. The second-order valence-electron chi connectivity index (χ2n) is 10.1. The molecule has 0 fully saturated rings. The Bertz CT molecular complexity index is 1340. The highest BCUT2D eigenvalue weighted by Crippen LogP contribution is 2.42. The van der Waals surface area contributed by atoms with E-state index < -0.39 is 29.9 Å². The van der Waals surface area contributed by atoms with Crippen LogP contribution in [0, 0.1) is 5.92 Å². The molecule has 0 radical (unpaired) electrons. The fourth-order valence-corrected chi connectivity index (χ4v) is 5.26. The van der Waals surface area contributed by atoms with Crippen molar-refractivity contribution in [2.45, 2.75) is 45.7 Å². The molecule has 40 heavy (non-hydrogen) atoms. The van der Waals surface area contributed by atoms with E-state index in [0.29, 0.717) is 10.5 Å². The fourth-order valence-electron chi connectivity index (χ4n) is 4.15. The highest BCUT2D eigenvalue weighted by Gasteiger charge is 2.40. The topological polar surface area (TPSA) is 97.0 Å². The van der Waals surface area contributed by atoms with Crippen LogP contribution in [0.15, 0.2) is 76.8 Å². The highest BCUT2D eigenvalue weighted by atomic mass is 32.2. The van der Waals surface area contributed by atoms with Crippen molar-refractivity contribution in [2.24, 2.45) is 5.92 Å². The Balaban J connectivity index is 1.58. The fraction of sp³-hybridized carbons (Fsp3) is 0.321. The van der Waals surface area contributed by atoms with Crippen molar-refractivity contribution in [3.8, 4) is 5.75 Å². The molecule has 1 heterocycles. The lowest BCUT2D eigenvalue weighted by atomic mass is 9.86. The summed E-state index contributed by atoms with van der Waals surface area (Å²) in [6.45, 7) is 5.39. The summed E-state index contributed by atoms with van der Waals surface area (Å²) in [6.07, 6.45) is -3.89. The predicted octanol–water partition coefficient (Wildman–Crippen LogP) is 5.23. The molecule has 1 unspecified atom stereocenters. The van der Waals surface area contributed by atoms with E-state index in [-0.39, 0.29) is 41.6 Å². The highest BCUT2D eigenvalue weighted by molar-refractivity contribution is 8.03. The Kier molecular flexibility index (Phi) is 8.48. The summed E-state index contributed by atoms with van der Waals surface area (Å²) in [4.78, 5) is 39.9. The summed E-state index contributed by atoms with van der Waals surface area (Å²) in [5.74, 6) is -1.75. The van der Waals surface area contributed by atoms with Crippen LogP contribution in [0.5, 0.6) is 5.75 Å². The number of allylic oxidation sites excluding steroid dienone is 2. The molecule has 2 N–H and O–H groups in total. The van der Waals surface area contributed by atoms with Crippen molar-refractivity contribution in [3.63, 3.8) is 0 Å². The number of halogens is 3. The first-order chi connectivity index (χ1) is 18.8. The van der Waals surface area contributed by atoms with E-state index in [2.05, 4.69) is 15.5 Å². The molecular weight excluding hydrogens is 547 g/mol. The molecule has 8 nitrogen and oxygen atoms in total. The van der Waals surface area contributed by atoms with Gasteiger partial charge in [-0.25, -0.2) is 10.2 Å². The van der Waals surface area contributed by atoms with Gasteiger partial charge in [-0.05, 0) is 50.5 Å². The van der Waals surface area contributed by atoms with Gasteiger partial charge < -0.3 is 14.8 Å². The first-order valence-electron chi connectivity index (χ1n) is 12.4. The van der Waals surface area contributed by atoms with Crippen LogP contribution >= 0.6 is 11.8 Å². The summed E-state index contributed by atoms with van der Waals surface area (Å²) >= 11 is 1.23. The zero-order chi connectivity index (χ0) is 29.1. The Hall–Kier alpha value is -3.93. The summed E-state index contributed by atoms with van der Waals surface area (Å²) in [5, 5.41) is 4.24. The van der Waals surface area contributed by atoms with E-state index in [4.69, 9.17) is 4.74 Å². The molecule has 2 aromatic rings. The Morgan fingerprint density at radius 2 is 1.70 bits per heavy atom. The molecule has 0 spiro atoms. The van der Waals surface area contributed by atoms with Gasteiger partial charge in [0.1, 0.15) is 17.0 Å². The molecule has 2 amide bonds. The molecule has 212 valence electrons. The van der Waals surface area contributed by atoms with Crippen molar-refractivity contribution in [1.82, 2.24) is 15.8 Å². The lowest BCUT2D eigenvalue weighted by molar-refractivity contribution is -0.274. The molecule has 1 atom stereocenters. The van der Waals surface area contributed by atoms with Gasteiger partial charge in [-0.15, -0.1) is 13.2 Å². The van der Waals surface area contributed by atoms with Gasteiger partial charge in [0.05, 0.1) is 16.4 Å². The first kappa shape index (κ1) is 29.1. The maximum absolute atomic E-state index is 13.6. The van der Waals surface area contributed by atoms with Crippen molar-refractivity contribution in [1.29, 1.82) is 0 Å². The number of carbonyl (C=O) groups excluding carboxylic acids is 3. The maximum atomic E-state index is 13.6. The van der Waals surface area contributed by atoms with Gasteiger partial charge in [-0.3, -0.25) is 14.6 Å². The van der Waals surface area contributed by atoms with E-state index in [1.54, 1.807) is 26.8 Å². The zero-order valence-electron chi connectivity index (χ0n) is 22.0. The number of ketones is 1. The molecule has 4 rings (SSSR count). The standard InChI is InChI=1S/C28H28F3N3O5S/c1-27(2,3)39-26(37)33-34-16-40-24-21(25(36)32-15-18-7-5-4-6-8-18)14-19(23(35)22(24)34)13-17-9-11-20(12-10-17)38-28(29,30)31/h4-12,14,19H,13,15-16H2,1-3H3,(H,32,36)(H,33,37). The minimum absolute atomic E-state index is 0.113. The molecule has 1 aliphatic carbocycles. The number of hydrogen-bond acceptors (Lipinski definition) is 7. The number of hydrazine groups is 1. The number of nitrogens with one attached hydrogen (secondary N) is 2. The third kappa shape index (κ3) is 7.59. The number of ether oxygens (including phenoxy) is 2. The van der Waals surface area contributed by atoms with Crippen LogP contribution in [0.4, 0.5) is 18.0 Å². The van der Waals surface area contributed by atoms with Crippen LogP contribution < -0.4 is 15.5 Å².